The average molecular weight is 413 g/mol. The minimum Gasteiger partial charge on any atom is -0.480 e. The van der Waals surface area contributed by atoms with E-state index in [2.05, 4.69) is 4.98 Å². The topological polar surface area (TPSA) is 93.7 Å². The zero-order valence-corrected chi connectivity index (χ0v) is 16.9. The molecule has 1 aromatic heterocycles. The van der Waals surface area contributed by atoms with Crippen LogP contribution in [0, 0.1) is 6.92 Å². The van der Waals surface area contributed by atoms with Crippen LogP contribution in [-0.4, -0.2) is 59.9 Å². The van der Waals surface area contributed by atoms with E-state index in [0.717, 1.165) is 16.5 Å². The van der Waals surface area contributed by atoms with Crippen molar-refractivity contribution < 1.29 is 18.3 Å². The Hall–Kier alpha value is -2.68. The van der Waals surface area contributed by atoms with Gasteiger partial charge in [-0.15, -0.1) is 0 Å². The van der Waals surface area contributed by atoms with Crippen molar-refractivity contribution in [3.8, 4) is 0 Å². The van der Waals surface area contributed by atoms with Crippen LogP contribution >= 0.6 is 0 Å². The highest BCUT2D eigenvalue weighted by atomic mass is 32.2. The van der Waals surface area contributed by atoms with E-state index in [4.69, 9.17) is 0 Å². The van der Waals surface area contributed by atoms with E-state index >= 15 is 0 Å². The molecule has 0 spiro atoms. The van der Waals surface area contributed by atoms with E-state index in [9.17, 15) is 18.3 Å². The number of aromatic nitrogens is 1. The van der Waals surface area contributed by atoms with E-state index < -0.39 is 22.0 Å². The zero-order chi connectivity index (χ0) is 20.6. The Morgan fingerprint density at radius 2 is 1.69 bits per heavy atom. The van der Waals surface area contributed by atoms with Crippen molar-refractivity contribution in [2.75, 3.05) is 26.2 Å². The molecule has 0 amide bonds. The van der Waals surface area contributed by atoms with Gasteiger partial charge in [0.25, 0.3) is 0 Å². The smallest absolute Gasteiger partial charge is 0.325 e. The number of carboxylic acids is 1. The Bertz CT molecular complexity index is 1130. The quantitative estimate of drug-likeness (QED) is 0.671. The summed E-state index contributed by atoms with van der Waals surface area (Å²) in [7, 11) is -3.58. The number of hydrogen-bond acceptors (Lipinski definition) is 4. The van der Waals surface area contributed by atoms with Gasteiger partial charge < -0.3 is 10.1 Å². The van der Waals surface area contributed by atoms with E-state index in [1.807, 2.05) is 36.1 Å². The average Bonchev–Trinajstić information content (AvgIpc) is 3.12. The maximum absolute atomic E-state index is 12.9. The predicted molar refractivity (Wildman–Crippen MR) is 110 cm³/mol. The summed E-state index contributed by atoms with van der Waals surface area (Å²) in [5.74, 6) is -0.940. The summed E-state index contributed by atoms with van der Waals surface area (Å²) in [5, 5.41) is 10.8. The summed E-state index contributed by atoms with van der Waals surface area (Å²) in [5.41, 5.74) is 2.58. The van der Waals surface area contributed by atoms with Crippen LogP contribution in [0.5, 0.6) is 0 Å². The number of nitrogens with one attached hydrogen (secondary N) is 1. The number of aryl methyl sites for hydroxylation is 1. The number of hydrogen-bond donors (Lipinski definition) is 2. The van der Waals surface area contributed by atoms with Crippen molar-refractivity contribution in [1.29, 1.82) is 0 Å². The van der Waals surface area contributed by atoms with Gasteiger partial charge in [-0.05, 0) is 25.1 Å². The Morgan fingerprint density at radius 3 is 2.34 bits per heavy atom. The van der Waals surface area contributed by atoms with Crippen LogP contribution in [0.3, 0.4) is 0 Å². The second kappa shape index (κ2) is 7.62. The second-order valence-electron chi connectivity index (χ2n) is 7.28. The maximum atomic E-state index is 12.9. The molecule has 2 aromatic carbocycles. The Labute approximate surface area is 169 Å². The molecule has 0 unspecified atom stereocenters. The molecule has 0 bridgehead atoms. The van der Waals surface area contributed by atoms with Crippen LogP contribution < -0.4 is 0 Å². The number of aromatic amines is 1. The lowest BCUT2D eigenvalue weighted by molar-refractivity contribution is -0.144. The SMILES string of the molecule is Cc1ccc(S(=O)(=O)N2CCN([C@H](C(=O)O)c3c[nH]c4ccccc34)CC2)cc1. The van der Waals surface area contributed by atoms with Gasteiger partial charge in [0.1, 0.15) is 6.04 Å². The van der Waals surface area contributed by atoms with Crippen LogP contribution in [0.1, 0.15) is 17.2 Å². The second-order valence-corrected chi connectivity index (χ2v) is 9.22. The standard InChI is InChI=1S/C21H23N3O4S/c1-15-6-8-16(9-7-15)29(27,28)24-12-10-23(11-13-24)20(21(25)26)18-14-22-19-5-3-2-4-17(18)19/h2-9,14,20,22H,10-13H2,1H3,(H,25,26)/t20-/m0/s1. The third-order valence-corrected chi connectivity index (χ3v) is 7.36. The summed E-state index contributed by atoms with van der Waals surface area (Å²) in [6.07, 6.45) is 1.73. The zero-order valence-electron chi connectivity index (χ0n) is 16.1. The van der Waals surface area contributed by atoms with E-state index in [1.54, 1.807) is 30.5 Å². The summed E-state index contributed by atoms with van der Waals surface area (Å²) in [6, 6.07) is 13.5. The molecule has 2 N–H and O–H groups in total. The highest BCUT2D eigenvalue weighted by Gasteiger charge is 2.35. The maximum Gasteiger partial charge on any atom is 0.325 e. The molecule has 29 heavy (non-hydrogen) atoms. The van der Waals surface area contributed by atoms with Crippen molar-refractivity contribution >= 4 is 26.9 Å². The van der Waals surface area contributed by atoms with Gasteiger partial charge in [0.2, 0.25) is 10.0 Å². The fourth-order valence-electron chi connectivity index (χ4n) is 3.87. The lowest BCUT2D eigenvalue weighted by atomic mass is 10.0. The van der Waals surface area contributed by atoms with Crippen LogP contribution in [0.15, 0.2) is 59.6 Å². The molecule has 1 atom stereocenters. The third-order valence-electron chi connectivity index (χ3n) is 5.45. The predicted octanol–water partition coefficient (Wildman–Crippen LogP) is 2.61. The molecule has 7 nitrogen and oxygen atoms in total. The van der Waals surface area contributed by atoms with Crippen LogP contribution in [0.25, 0.3) is 10.9 Å². The lowest BCUT2D eigenvalue weighted by Crippen LogP contribution is -2.50. The van der Waals surface area contributed by atoms with Crippen LogP contribution in [-0.2, 0) is 14.8 Å². The number of aliphatic carboxylic acids is 1. The largest absolute Gasteiger partial charge is 0.480 e. The van der Waals surface area contributed by atoms with Gasteiger partial charge in [0, 0.05) is 48.8 Å². The van der Waals surface area contributed by atoms with Gasteiger partial charge in [-0.25, -0.2) is 8.42 Å². The highest BCUT2D eigenvalue weighted by Crippen LogP contribution is 2.30. The minimum absolute atomic E-state index is 0.252. The molecule has 0 saturated carbocycles. The Kier molecular flexibility index (Phi) is 5.16. The summed E-state index contributed by atoms with van der Waals surface area (Å²) >= 11 is 0. The molecule has 0 aliphatic carbocycles. The molecular weight excluding hydrogens is 390 g/mol. The fraction of sp³-hybridized carbons (Fsp3) is 0.286. The number of rotatable bonds is 5. The number of nitrogens with zero attached hydrogens (tertiary/aromatic N) is 2. The molecular formula is C21H23N3O4S. The highest BCUT2D eigenvalue weighted by molar-refractivity contribution is 7.89. The molecule has 1 aliphatic rings. The monoisotopic (exact) mass is 413 g/mol. The van der Waals surface area contributed by atoms with Crippen molar-refractivity contribution in [3.63, 3.8) is 0 Å². The van der Waals surface area contributed by atoms with Gasteiger partial charge >= 0.3 is 5.97 Å². The van der Waals surface area contributed by atoms with Gasteiger partial charge in [-0.3, -0.25) is 9.69 Å². The minimum atomic E-state index is -3.58. The summed E-state index contributed by atoms with van der Waals surface area (Å²) < 4.78 is 27.2. The first kappa shape index (κ1) is 19.6. The van der Waals surface area contributed by atoms with Gasteiger partial charge in [-0.2, -0.15) is 4.31 Å². The first-order chi connectivity index (χ1) is 13.9. The van der Waals surface area contributed by atoms with Crippen molar-refractivity contribution in [2.45, 2.75) is 17.9 Å². The molecule has 0 radical (unpaired) electrons. The van der Waals surface area contributed by atoms with Gasteiger partial charge in [-0.1, -0.05) is 35.9 Å². The number of sulfonamides is 1. The number of fused-ring (bicyclic) bond motifs is 1. The lowest BCUT2D eigenvalue weighted by Gasteiger charge is -2.37. The number of para-hydroxylation sites is 1. The van der Waals surface area contributed by atoms with Crippen molar-refractivity contribution in [1.82, 2.24) is 14.2 Å². The van der Waals surface area contributed by atoms with Gasteiger partial charge in [0.15, 0.2) is 0 Å². The molecule has 3 aromatic rings. The molecule has 8 heteroatoms. The number of piperazine rings is 1. The summed E-state index contributed by atoms with van der Waals surface area (Å²) in [6.45, 7) is 3.11. The molecule has 152 valence electrons. The fourth-order valence-corrected chi connectivity index (χ4v) is 5.29. The first-order valence-electron chi connectivity index (χ1n) is 9.47. The Morgan fingerprint density at radius 1 is 1.03 bits per heavy atom. The van der Waals surface area contributed by atoms with Crippen molar-refractivity contribution in [3.05, 3.63) is 65.9 Å². The molecule has 2 heterocycles. The van der Waals surface area contributed by atoms with Gasteiger partial charge in [0.05, 0.1) is 4.90 Å². The molecule has 4 rings (SSSR count). The van der Waals surface area contributed by atoms with Crippen molar-refractivity contribution in [2.24, 2.45) is 0 Å². The normalized spacial score (nSPS) is 17.4. The van der Waals surface area contributed by atoms with Crippen LogP contribution in [0.2, 0.25) is 0 Å². The number of carbonyl (C=O) groups is 1. The number of H-pyrrole nitrogens is 1. The number of benzene rings is 2. The molecule has 1 fully saturated rings. The molecule has 1 aliphatic heterocycles. The van der Waals surface area contributed by atoms with Crippen LogP contribution in [0.4, 0.5) is 0 Å². The Balaban J connectivity index is 1.54. The van der Waals surface area contributed by atoms with E-state index in [-0.39, 0.29) is 18.0 Å². The van der Waals surface area contributed by atoms with E-state index in [1.165, 1.54) is 4.31 Å². The third kappa shape index (κ3) is 3.66. The first-order valence-corrected chi connectivity index (χ1v) is 10.9. The van der Waals surface area contributed by atoms with E-state index in [0.29, 0.717) is 18.7 Å². The summed E-state index contributed by atoms with van der Waals surface area (Å²) in [4.78, 5) is 17.3. The molecule has 1 saturated heterocycles. The number of carboxylic acid groups (broad SMARTS) is 1.